The molecule has 2 aliphatic heterocycles. The first-order valence-electron chi connectivity index (χ1n) is 9.81. The lowest BCUT2D eigenvalue weighted by atomic mass is 9.78. The molecule has 1 aromatic carbocycles. The Morgan fingerprint density at radius 1 is 1.11 bits per heavy atom. The van der Waals surface area contributed by atoms with Crippen molar-refractivity contribution in [2.75, 3.05) is 31.9 Å². The van der Waals surface area contributed by atoms with E-state index in [0.29, 0.717) is 10.3 Å². The first kappa shape index (κ1) is 20.6. The van der Waals surface area contributed by atoms with E-state index in [2.05, 4.69) is 5.32 Å². The molecule has 150 valence electrons. The van der Waals surface area contributed by atoms with Crippen LogP contribution in [0.15, 0.2) is 23.1 Å². The summed E-state index contributed by atoms with van der Waals surface area (Å²) in [4.78, 5) is 14.8. The zero-order chi connectivity index (χ0) is 18.2. The molecule has 2 fully saturated rings. The Kier molecular flexibility index (Phi) is 6.18. The van der Waals surface area contributed by atoms with Crippen molar-refractivity contribution in [2.45, 2.75) is 49.8 Å². The average molecular weight is 413 g/mol. The summed E-state index contributed by atoms with van der Waals surface area (Å²) in [5.74, 6) is -0.107. The number of sulfone groups is 1. The van der Waals surface area contributed by atoms with Gasteiger partial charge in [-0.15, -0.1) is 12.4 Å². The van der Waals surface area contributed by atoms with Gasteiger partial charge in [-0.1, -0.05) is 6.07 Å². The molecule has 1 aliphatic carbocycles. The zero-order valence-electron chi connectivity index (χ0n) is 15.7. The van der Waals surface area contributed by atoms with Gasteiger partial charge in [0.25, 0.3) is 0 Å². The Morgan fingerprint density at radius 3 is 2.56 bits per heavy atom. The van der Waals surface area contributed by atoms with E-state index in [0.717, 1.165) is 63.8 Å². The number of aryl methyl sites for hydroxylation is 2. The van der Waals surface area contributed by atoms with Crippen molar-refractivity contribution in [3.05, 3.63) is 29.3 Å². The second kappa shape index (κ2) is 8.10. The number of nitrogens with one attached hydrogen (secondary N) is 1. The van der Waals surface area contributed by atoms with Crippen LogP contribution in [0.4, 0.5) is 0 Å². The second-order valence-electron chi connectivity index (χ2n) is 8.16. The number of nitrogens with zero attached hydrogens (tertiary/aromatic N) is 1. The Hall–Kier alpha value is -1.11. The lowest BCUT2D eigenvalue weighted by molar-refractivity contribution is -0.132. The maximum Gasteiger partial charge on any atom is 0.223 e. The summed E-state index contributed by atoms with van der Waals surface area (Å²) in [5, 5.41) is 3.42. The minimum atomic E-state index is -3.40. The largest absolute Gasteiger partial charge is 0.343 e. The van der Waals surface area contributed by atoms with Gasteiger partial charge in [-0.2, -0.15) is 0 Å². The van der Waals surface area contributed by atoms with Gasteiger partial charge < -0.3 is 10.2 Å². The number of likely N-dealkylation sites (tertiary alicyclic amines) is 1. The molecule has 2 heterocycles. The van der Waals surface area contributed by atoms with Gasteiger partial charge in [0.1, 0.15) is 0 Å². The van der Waals surface area contributed by atoms with Gasteiger partial charge in [0.15, 0.2) is 9.84 Å². The van der Waals surface area contributed by atoms with E-state index in [-0.39, 0.29) is 30.5 Å². The van der Waals surface area contributed by atoms with Gasteiger partial charge in [-0.05, 0) is 73.7 Å². The summed E-state index contributed by atoms with van der Waals surface area (Å²) in [7, 11) is -3.40. The Balaban J connectivity index is 0.00000210. The molecule has 0 radical (unpaired) electrons. The second-order valence-corrected chi connectivity index (χ2v) is 10.3. The van der Waals surface area contributed by atoms with Crippen molar-refractivity contribution in [2.24, 2.45) is 5.41 Å². The number of hydrogen-bond acceptors (Lipinski definition) is 4. The van der Waals surface area contributed by atoms with Crippen LogP contribution in [0.1, 0.15) is 43.2 Å². The summed E-state index contributed by atoms with van der Waals surface area (Å²) >= 11 is 0. The van der Waals surface area contributed by atoms with E-state index in [4.69, 9.17) is 0 Å². The molecule has 1 N–H and O–H groups in total. The van der Waals surface area contributed by atoms with Gasteiger partial charge in [-0.3, -0.25) is 4.79 Å². The highest BCUT2D eigenvalue weighted by Gasteiger charge is 2.38. The van der Waals surface area contributed by atoms with Crippen LogP contribution in [0.5, 0.6) is 0 Å². The normalized spacial score (nSPS) is 21.1. The molecule has 4 rings (SSSR count). The van der Waals surface area contributed by atoms with Crippen molar-refractivity contribution < 1.29 is 13.2 Å². The molecule has 3 aliphatic rings. The van der Waals surface area contributed by atoms with Crippen LogP contribution >= 0.6 is 12.4 Å². The van der Waals surface area contributed by atoms with Gasteiger partial charge in [0, 0.05) is 26.1 Å². The molecule has 0 saturated carbocycles. The minimum Gasteiger partial charge on any atom is -0.343 e. The Labute approximate surface area is 168 Å². The van der Waals surface area contributed by atoms with Crippen LogP contribution in [0.3, 0.4) is 0 Å². The van der Waals surface area contributed by atoms with Gasteiger partial charge >= 0.3 is 0 Å². The van der Waals surface area contributed by atoms with Crippen molar-refractivity contribution in [3.63, 3.8) is 0 Å². The highest BCUT2D eigenvalue weighted by molar-refractivity contribution is 7.91. The number of amides is 1. The summed E-state index contributed by atoms with van der Waals surface area (Å²) in [6.07, 6.45) is 6.45. The lowest BCUT2D eigenvalue weighted by Crippen LogP contribution is -2.44. The fourth-order valence-corrected chi connectivity index (χ4v) is 5.97. The minimum absolute atomic E-state index is 0. The average Bonchev–Trinajstić information content (AvgIpc) is 3.29. The topological polar surface area (TPSA) is 66.5 Å². The number of piperidine rings is 1. The maximum atomic E-state index is 12.6. The molecule has 2 saturated heterocycles. The first-order valence-corrected chi connectivity index (χ1v) is 11.5. The maximum absolute atomic E-state index is 12.6. The molecule has 1 aromatic rings. The molecule has 0 unspecified atom stereocenters. The van der Waals surface area contributed by atoms with E-state index in [1.54, 1.807) is 6.07 Å². The molecular weight excluding hydrogens is 384 g/mol. The molecule has 0 aromatic heterocycles. The van der Waals surface area contributed by atoms with E-state index in [9.17, 15) is 13.2 Å². The number of hydrogen-bond donors (Lipinski definition) is 1. The van der Waals surface area contributed by atoms with Crippen LogP contribution in [0, 0.1) is 5.41 Å². The Morgan fingerprint density at radius 2 is 1.85 bits per heavy atom. The summed E-state index contributed by atoms with van der Waals surface area (Å²) < 4.78 is 25.3. The van der Waals surface area contributed by atoms with Crippen LogP contribution in [0.25, 0.3) is 0 Å². The third-order valence-electron chi connectivity index (χ3n) is 6.52. The quantitative estimate of drug-likeness (QED) is 0.824. The smallest absolute Gasteiger partial charge is 0.223 e. The fourth-order valence-electron chi connectivity index (χ4n) is 4.69. The summed E-state index contributed by atoms with van der Waals surface area (Å²) in [6, 6.07) is 5.47. The number of fused-ring (bicyclic) bond motifs is 1. The van der Waals surface area contributed by atoms with Crippen molar-refractivity contribution >= 4 is 28.2 Å². The molecule has 27 heavy (non-hydrogen) atoms. The molecule has 0 bridgehead atoms. The molecular formula is C20H29ClN2O3S. The molecule has 1 spiro atoms. The van der Waals surface area contributed by atoms with Gasteiger partial charge in [0.05, 0.1) is 10.6 Å². The molecule has 7 heteroatoms. The van der Waals surface area contributed by atoms with Crippen LogP contribution in [0.2, 0.25) is 0 Å². The fraction of sp³-hybridized carbons (Fsp3) is 0.650. The molecule has 5 nitrogen and oxygen atoms in total. The number of carbonyl (C=O) groups excluding carboxylic acids is 1. The molecule has 1 amide bonds. The van der Waals surface area contributed by atoms with Crippen molar-refractivity contribution in [3.8, 4) is 0 Å². The monoisotopic (exact) mass is 412 g/mol. The summed E-state index contributed by atoms with van der Waals surface area (Å²) in [6.45, 7) is 3.66. The van der Waals surface area contributed by atoms with E-state index >= 15 is 0 Å². The van der Waals surface area contributed by atoms with Crippen molar-refractivity contribution in [1.29, 1.82) is 0 Å². The van der Waals surface area contributed by atoms with Crippen LogP contribution in [-0.2, 0) is 27.5 Å². The number of halogens is 1. The lowest BCUT2D eigenvalue weighted by Gasteiger charge is -2.39. The van der Waals surface area contributed by atoms with Crippen LogP contribution < -0.4 is 5.32 Å². The van der Waals surface area contributed by atoms with E-state index in [1.165, 1.54) is 12.0 Å². The number of rotatable bonds is 4. The first-order chi connectivity index (χ1) is 12.5. The highest BCUT2D eigenvalue weighted by Crippen LogP contribution is 2.37. The van der Waals surface area contributed by atoms with Gasteiger partial charge in [0.2, 0.25) is 5.91 Å². The SMILES string of the molecule is Cl.O=C(CCS(=O)(=O)c1ccc2c(c1)CCC2)N1CCC2(CCNC2)CC1. The predicted octanol–water partition coefficient (Wildman–Crippen LogP) is 2.36. The Bertz CT molecular complexity index is 793. The zero-order valence-corrected chi connectivity index (χ0v) is 17.3. The van der Waals surface area contributed by atoms with Crippen LogP contribution in [-0.4, -0.2) is 51.2 Å². The summed E-state index contributed by atoms with van der Waals surface area (Å²) in [5.41, 5.74) is 2.79. The van der Waals surface area contributed by atoms with Crippen molar-refractivity contribution in [1.82, 2.24) is 10.2 Å². The third-order valence-corrected chi connectivity index (χ3v) is 8.24. The van der Waals surface area contributed by atoms with Gasteiger partial charge in [-0.25, -0.2) is 8.42 Å². The van der Waals surface area contributed by atoms with E-state index < -0.39 is 9.84 Å². The van der Waals surface area contributed by atoms with E-state index in [1.807, 2.05) is 17.0 Å². The molecule has 0 atom stereocenters. The number of benzene rings is 1. The standard InChI is InChI=1S/C20H28N2O3S.ClH/c23-19(22-11-8-20(9-12-22)7-10-21-15-20)6-13-26(24,25)18-5-4-16-2-1-3-17(16)14-18;/h4-5,14,21H,1-3,6-13,15H2;1H. The predicted molar refractivity (Wildman–Crippen MR) is 108 cm³/mol. The number of carbonyl (C=O) groups is 1. The highest BCUT2D eigenvalue weighted by atomic mass is 35.5. The third kappa shape index (κ3) is 4.33.